The molecule has 12 heteroatoms. The third-order valence-corrected chi connectivity index (χ3v) is 9.46. The molecule has 216 valence electrons. The number of benzene rings is 1. The first-order chi connectivity index (χ1) is 20.2. The molecule has 3 aliphatic rings. The number of piperazine rings is 1. The average Bonchev–Trinajstić information content (AvgIpc) is 3.56. The molecule has 2 N–H and O–H groups in total. The van der Waals surface area contributed by atoms with Crippen molar-refractivity contribution in [3.05, 3.63) is 77.4 Å². The van der Waals surface area contributed by atoms with Gasteiger partial charge in [0.2, 0.25) is 10.0 Å². The van der Waals surface area contributed by atoms with E-state index >= 15 is 0 Å². The minimum absolute atomic E-state index is 0.0967. The van der Waals surface area contributed by atoms with Crippen molar-refractivity contribution in [3.8, 4) is 11.4 Å². The lowest BCUT2D eigenvalue weighted by Crippen LogP contribution is -2.53. The number of carbonyl (C=O) groups is 1. The molecule has 1 saturated heterocycles. The Morgan fingerprint density at radius 2 is 1.88 bits per heavy atom. The molecule has 0 unspecified atom stereocenters. The summed E-state index contributed by atoms with van der Waals surface area (Å²) in [5.74, 6) is -0.316. The van der Waals surface area contributed by atoms with Gasteiger partial charge in [0, 0.05) is 48.9 Å². The number of hydrogen-bond acceptors (Lipinski definition) is 8. The van der Waals surface area contributed by atoms with E-state index in [1.807, 2.05) is 23.1 Å². The van der Waals surface area contributed by atoms with Gasteiger partial charge in [0.1, 0.15) is 0 Å². The Balaban J connectivity index is 1.09. The maximum absolute atomic E-state index is 14.8. The second kappa shape index (κ2) is 9.99. The van der Waals surface area contributed by atoms with Gasteiger partial charge in [-0.15, -0.1) is 0 Å². The first kappa shape index (κ1) is 26.7. The van der Waals surface area contributed by atoms with Gasteiger partial charge in [0.15, 0.2) is 11.6 Å². The molecule has 1 aromatic carbocycles. The fourth-order valence-electron chi connectivity index (χ4n) is 5.82. The number of aromatic nitrogens is 3. The van der Waals surface area contributed by atoms with Gasteiger partial charge in [0.05, 0.1) is 41.1 Å². The van der Waals surface area contributed by atoms with Crippen molar-refractivity contribution < 1.29 is 17.6 Å². The van der Waals surface area contributed by atoms with Crippen molar-refractivity contribution in [2.45, 2.75) is 31.3 Å². The summed E-state index contributed by atoms with van der Waals surface area (Å²) < 4.78 is 40.4. The van der Waals surface area contributed by atoms with Crippen LogP contribution in [-0.2, 0) is 23.0 Å². The molecular weight excluding hydrogens is 557 g/mol. The summed E-state index contributed by atoms with van der Waals surface area (Å²) in [5.41, 5.74) is 4.42. The lowest BCUT2D eigenvalue weighted by atomic mass is 10.1. The second-order valence-electron chi connectivity index (χ2n) is 11.3. The van der Waals surface area contributed by atoms with E-state index in [2.05, 4.69) is 20.6 Å². The molecule has 10 nitrogen and oxygen atoms in total. The van der Waals surface area contributed by atoms with E-state index in [0.29, 0.717) is 59.2 Å². The summed E-state index contributed by atoms with van der Waals surface area (Å²) in [6.07, 6.45) is 5.68. The van der Waals surface area contributed by atoms with E-state index < -0.39 is 10.0 Å². The van der Waals surface area contributed by atoms with Crippen molar-refractivity contribution in [1.82, 2.24) is 25.6 Å². The minimum atomic E-state index is -3.41. The van der Waals surface area contributed by atoms with Crippen molar-refractivity contribution in [2.24, 2.45) is 0 Å². The molecule has 0 radical (unpaired) electrons. The number of fused-ring (bicyclic) bond motifs is 2. The molecule has 1 spiro atoms. The highest BCUT2D eigenvalue weighted by Crippen LogP contribution is 2.39. The number of carbonyl (C=O) groups excluding carboxylic acids is 1. The molecule has 2 fully saturated rings. The Kier molecular flexibility index (Phi) is 6.35. The van der Waals surface area contributed by atoms with E-state index in [9.17, 15) is 17.6 Å². The predicted molar refractivity (Wildman–Crippen MR) is 158 cm³/mol. The van der Waals surface area contributed by atoms with Crippen LogP contribution >= 0.6 is 0 Å². The summed E-state index contributed by atoms with van der Waals surface area (Å²) >= 11 is 0. The fourth-order valence-corrected chi connectivity index (χ4v) is 6.77. The highest BCUT2D eigenvalue weighted by molar-refractivity contribution is 7.92. The molecule has 2 aliphatic heterocycles. The molecule has 1 saturated carbocycles. The largest absolute Gasteiger partial charge is 0.351 e. The van der Waals surface area contributed by atoms with Gasteiger partial charge in [-0.05, 0) is 67.3 Å². The molecule has 0 atom stereocenters. The summed E-state index contributed by atoms with van der Waals surface area (Å²) in [5, 5.41) is 7.24. The molecule has 1 aliphatic carbocycles. The Morgan fingerprint density at radius 3 is 2.69 bits per heavy atom. The van der Waals surface area contributed by atoms with Crippen LogP contribution in [0.15, 0.2) is 54.7 Å². The smallest absolute Gasteiger partial charge is 0.251 e. The zero-order chi connectivity index (χ0) is 29.1. The number of nitrogens with zero attached hydrogens (tertiary/aromatic N) is 5. The predicted octanol–water partition coefficient (Wildman–Crippen LogP) is 3.03. The monoisotopic (exact) mass is 587 g/mol. The van der Waals surface area contributed by atoms with Gasteiger partial charge in [-0.2, -0.15) is 0 Å². The van der Waals surface area contributed by atoms with Crippen molar-refractivity contribution in [1.29, 1.82) is 0 Å². The van der Waals surface area contributed by atoms with Crippen LogP contribution < -0.4 is 19.8 Å². The molecule has 4 aromatic rings. The molecule has 0 bridgehead atoms. The Bertz CT molecular complexity index is 1840. The van der Waals surface area contributed by atoms with E-state index in [4.69, 9.17) is 4.98 Å². The van der Waals surface area contributed by atoms with E-state index in [1.54, 1.807) is 30.5 Å². The summed E-state index contributed by atoms with van der Waals surface area (Å²) in [6, 6.07) is 13.8. The van der Waals surface area contributed by atoms with Crippen LogP contribution in [0.25, 0.3) is 22.3 Å². The maximum atomic E-state index is 14.8. The Hall–Kier alpha value is -4.16. The topological polar surface area (TPSA) is 120 Å². The van der Waals surface area contributed by atoms with Crippen LogP contribution in [0, 0.1) is 5.82 Å². The van der Waals surface area contributed by atoms with Gasteiger partial charge in [-0.1, -0.05) is 6.07 Å². The van der Waals surface area contributed by atoms with E-state index in [0.717, 1.165) is 36.9 Å². The average molecular weight is 588 g/mol. The van der Waals surface area contributed by atoms with Crippen LogP contribution in [0.2, 0.25) is 0 Å². The van der Waals surface area contributed by atoms with Gasteiger partial charge < -0.3 is 15.5 Å². The molecule has 7 rings (SSSR count). The normalized spacial score (nSPS) is 17.5. The Morgan fingerprint density at radius 1 is 1.07 bits per heavy atom. The zero-order valence-corrected chi connectivity index (χ0v) is 23.9. The molecule has 42 heavy (non-hydrogen) atoms. The Labute approximate surface area is 243 Å². The quantitative estimate of drug-likeness (QED) is 0.353. The van der Waals surface area contributed by atoms with Crippen LogP contribution in [0.1, 0.15) is 34.5 Å². The number of nitrogens with one attached hydrogen (secondary N) is 2. The fraction of sp³-hybridized carbons (Fsp3) is 0.333. The first-order valence-corrected chi connectivity index (χ1v) is 15.8. The van der Waals surface area contributed by atoms with Gasteiger partial charge in [-0.25, -0.2) is 22.8 Å². The third-order valence-electron chi connectivity index (χ3n) is 8.28. The molecule has 5 heterocycles. The summed E-state index contributed by atoms with van der Waals surface area (Å²) in [6.45, 7) is 2.78. The zero-order valence-electron chi connectivity index (χ0n) is 23.1. The van der Waals surface area contributed by atoms with Crippen molar-refractivity contribution >= 4 is 38.3 Å². The number of hydrogen-bond donors (Lipinski definition) is 2. The first-order valence-electron chi connectivity index (χ1n) is 14.0. The SMILES string of the molecule is CS(=O)(=O)N1CCc2ccc(C(=O)NCc3cc4nc(-c5ccc(F)c(N6CCNC7(CC7)C6)n5)ccc4cn3)cc21. The number of rotatable bonds is 6. The lowest BCUT2D eigenvalue weighted by Gasteiger charge is -2.35. The van der Waals surface area contributed by atoms with Crippen LogP contribution in [-0.4, -0.2) is 67.3 Å². The highest BCUT2D eigenvalue weighted by atomic mass is 32.2. The molecular formula is C30H30FN7O3S. The van der Waals surface area contributed by atoms with Gasteiger partial charge in [-0.3, -0.25) is 14.1 Å². The standard InChI is InChI=1S/C30H30FN7O3S/c1-42(40,41)38-12-8-19-2-3-20(14-27(19)38)29(39)33-17-22-15-26-21(16-32-22)4-6-24(35-26)25-7-5-23(31)28(36-25)37-13-11-34-30(18-37)9-10-30/h2-7,14-16,34H,8-13,17-18H2,1H3,(H,33,39). The molecule has 3 aromatic heterocycles. The number of sulfonamides is 1. The number of anilines is 2. The number of pyridine rings is 3. The van der Waals surface area contributed by atoms with Crippen LogP contribution in [0.3, 0.4) is 0 Å². The van der Waals surface area contributed by atoms with Gasteiger partial charge in [0.25, 0.3) is 5.91 Å². The van der Waals surface area contributed by atoms with Crippen LogP contribution in [0.5, 0.6) is 0 Å². The van der Waals surface area contributed by atoms with Crippen molar-refractivity contribution in [3.63, 3.8) is 0 Å². The highest BCUT2D eigenvalue weighted by Gasteiger charge is 2.46. The minimum Gasteiger partial charge on any atom is -0.351 e. The number of amides is 1. The lowest BCUT2D eigenvalue weighted by molar-refractivity contribution is 0.0950. The summed E-state index contributed by atoms with van der Waals surface area (Å²) in [4.78, 5) is 28.9. The third kappa shape index (κ3) is 5.05. The van der Waals surface area contributed by atoms with E-state index in [-0.39, 0.29) is 23.8 Å². The molecule has 1 amide bonds. The summed E-state index contributed by atoms with van der Waals surface area (Å²) in [7, 11) is -3.41. The second-order valence-corrected chi connectivity index (χ2v) is 13.2. The van der Waals surface area contributed by atoms with Crippen LogP contribution in [0.4, 0.5) is 15.9 Å². The number of halogens is 1. The maximum Gasteiger partial charge on any atom is 0.251 e. The van der Waals surface area contributed by atoms with Crippen molar-refractivity contribution in [2.75, 3.05) is 41.6 Å². The van der Waals surface area contributed by atoms with E-state index in [1.165, 1.54) is 16.6 Å². The van der Waals surface area contributed by atoms with Gasteiger partial charge >= 0.3 is 0 Å².